The third-order valence-corrected chi connectivity index (χ3v) is 7.76. The van der Waals surface area contributed by atoms with Crippen LogP contribution in [0.15, 0.2) is 58.2 Å². The number of benzene rings is 2. The maximum absolute atomic E-state index is 13.1. The Labute approximate surface area is 231 Å². The van der Waals surface area contributed by atoms with E-state index in [2.05, 4.69) is 14.9 Å². The second-order valence-corrected chi connectivity index (χ2v) is 9.74. The van der Waals surface area contributed by atoms with Gasteiger partial charge in [0.1, 0.15) is 0 Å². The molecule has 0 radical (unpaired) electrons. The zero-order valence-electron chi connectivity index (χ0n) is 18.3. The first-order valence-electron chi connectivity index (χ1n) is 10.0. The van der Waals surface area contributed by atoms with Gasteiger partial charge in [-0.1, -0.05) is 47.8 Å². The van der Waals surface area contributed by atoms with Gasteiger partial charge in [-0.2, -0.15) is 4.31 Å². The molecule has 158 valence electrons. The molecule has 4 rings (SSSR count). The Bertz CT molecular complexity index is 1230. The largest absolute Gasteiger partial charge is 1.00 e. The number of fused-ring (bicyclic) bond motifs is 1. The van der Waals surface area contributed by atoms with Crippen LogP contribution in [0.2, 0.25) is 0 Å². The molecular formula is C22H25N4O3RbS. The van der Waals surface area contributed by atoms with Crippen LogP contribution >= 0.6 is 0 Å². The van der Waals surface area contributed by atoms with Gasteiger partial charge in [-0.3, -0.25) is 9.69 Å². The van der Waals surface area contributed by atoms with Gasteiger partial charge in [0, 0.05) is 37.1 Å². The van der Waals surface area contributed by atoms with Gasteiger partial charge in [-0.05, 0) is 38.4 Å². The summed E-state index contributed by atoms with van der Waals surface area (Å²) in [4.78, 5) is 23.6. The zero-order valence-corrected chi connectivity index (χ0v) is 24.0. The summed E-state index contributed by atoms with van der Waals surface area (Å²) >= 11 is 0. The van der Waals surface area contributed by atoms with Crippen molar-refractivity contribution in [3.63, 3.8) is 0 Å². The third-order valence-electron chi connectivity index (χ3n) is 5.73. The van der Waals surface area contributed by atoms with E-state index in [1.165, 1.54) is 0 Å². The first-order chi connectivity index (χ1) is 14.3. The molecule has 1 saturated heterocycles. The SMILES string of the molecule is Cc1ccc(S(=O)(=O)N2CCN(C(C)c3nc4ccccc4c(=O)[n-]3)CC2C)cc1.[Rb+]. The predicted octanol–water partition coefficient (Wildman–Crippen LogP) is -0.679. The quantitative estimate of drug-likeness (QED) is 0.462. The summed E-state index contributed by atoms with van der Waals surface area (Å²) in [5.41, 5.74) is 1.37. The molecular weight excluding hydrogens is 486 g/mol. The molecule has 2 aromatic carbocycles. The molecule has 2 heterocycles. The number of para-hydroxylation sites is 1. The number of aromatic nitrogens is 2. The van der Waals surface area contributed by atoms with Crippen LogP contribution in [-0.4, -0.2) is 48.3 Å². The number of rotatable bonds is 4. The first kappa shape index (κ1) is 24.9. The van der Waals surface area contributed by atoms with E-state index < -0.39 is 10.0 Å². The molecule has 1 fully saturated rings. The van der Waals surface area contributed by atoms with E-state index in [9.17, 15) is 13.2 Å². The van der Waals surface area contributed by atoms with Crippen molar-refractivity contribution in [2.24, 2.45) is 0 Å². The maximum Gasteiger partial charge on any atom is 1.00 e. The van der Waals surface area contributed by atoms with Crippen LogP contribution in [-0.2, 0) is 10.0 Å². The smallest absolute Gasteiger partial charge is 0.438 e. The van der Waals surface area contributed by atoms with Gasteiger partial charge >= 0.3 is 58.2 Å². The summed E-state index contributed by atoms with van der Waals surface area (Å²) in [7, 11) is -3.55. The summed E-state index contributed by atoms with van der Waals surface area (Å²) in [5.74, 6) is 0.473. The van der Waals surface area contributed by atoms with Crippen molar-refractivity contribution in [3.05, 3.63) is 70.3 Å². The van der Waals surface area contributed by atoms with E-state index in [0.717, 1.165) is 5.56 Å². The fraction of sp³-hybridized carbons (Fsp3) is 0.364. The van der Waals surface area contributed by atoms with E-state index in [1.54, 1.807) is 28.6 Å². The molecule has 7 nitrogen and oxygen atoms in total. The number of nitrogens with zero attached hydrogens (tertiary/aromatic N) is 4. The minimum absolute atomic E-state index is 0. The van der Waals surface area contributed by atoms with Crippen LogP contribution in [0.3, 0.4) is 0 Å². The molecule has 1 aliphatic rings. The first-order valence-corrected chi connectivity index (χ1v) is 11.5. The monoisotopic (exact) mass is 510 g/mol. The summed E-state index contributed by atoms with van der Waals surface area (Å²) in [6.45, 7) is 7.25. The van der Waals surface area contributed by atoms with Crippen molar-refractivity contribution in [1.29, 1.82) is 0 Å². The van der Waals surface area contributed by atoms with Gasteiger partial charge in [0.25, 0.3) is 0 Å². The van der Waals surface area contributed by atoms with Gasteiger partial charge in [0.15, 0.2) is 5.56 Å². The van der Waals surface area contributed by atoms with E-state index >= 15 is 0 Å². The summed E-state index contributed by atoms with van der Waals surface area (Å²) in [6, 6.07) is 13.7. The Kier molecular flexibility index (Phi) is 8.05. The third kappa shape index (κ3) is 5.10. The predicted molar refractivity (Wildman–Crippen MR) is 116 cm³/mol. The standard InChI is InChI=1S/C22H26N4O3S.Rb/c1-15-8-10-18(11-9-15)30(28,29)26-13-12-25(14-16(26)2)17(3)21-23-20-7-5-4-6-19(20)22(27)24-21;/h4-11,16-17H,12-14H2,1-3H3,(H,23,24,27);/q;+1/p-1. The minimum Gasteiger partial charge on any atom is -0.438 e. The van der Waals surface area contributed by atoms with E-state index in [1.807, 2.05) is 45.0 Å². The van der Waals surface area contributed by atoms with Gasteiger partial charge in [-0.15, -0.1) is 0 Å². The van der Waals surface area contributed by atoms with Crippen molar-refractivity contribution in [3.8, 4) is 0 Å². The second-order valence-electron chi connectivity index (χ2n) is 7.85. The summed E-state index contributed by atoms with van der Waals surface area (Å²) < 4.78 is 27.7. The van der Waals surface area contributed by atoms with E-state index in [-0.39, 0.29) is 75.8 Å². The zero-order chi connectivity index (χ0) is 21.5. The molecule has 3 aromatic rings. The fourth-order valence-electron chi connectivity index (χ4n) is 3.94. The number of sulfonamides is 1. The molecule has 2 atom stereocenters. The molecule has 0 N–H and O–H groups in total. The average Bonchev–Trinajstić information content (AvgIpc) is 2.73. The Morgan fingerprint density at radius 1 is 1.10 bits per heavy atom. The number of hydrogen-bond acceptors (Lipinski definition) is 5. The molecule has 0 bridgehead atoms. The normalized spacial score (nSPS) is 19.1. The molecule has 0 aliphatic carbocycles. The van der Waals surface area contributed by atoms with E-state index in [4.69, 9.17) is 0 Å². The molecule has 31 heavy (non-hydrogen) atoms. The van der Waals surface area contributed by atoms with Crippen LogP contribution < -0.4 is 68.7 Å². The van der Waals surface area contributed by atoms with E-state index in [0.29, 0.717) is 41.3 Å². The molecule has 2 unspecified atom stereocenters. The number of aryl methyl sites for hydroxylation is 1. The summed E-state index contributed by atoms with van der Waals surface area (Å²) in [5, 5.41) is 0.510. The molecule has 1 aromatic heterocycles. The van der Waals surface area contributed by atoms with Crippen LogP contribution in [0.1, 0.15) is 31.3 Å². The molecule has 0 spiro atoms. The van der Waals surface area contributed by atoms with Gasteiger partial charge < -0.3 is 9.97 Å². The number of piperazine rings is 1. The average molecular weight is 511 g/mol. The Morgan fingerprint density at radius 2 is 1.77 bits per heavy atom. The minimum atomic E-state index is -3.55. The Morgan fingerprint density at radius 3 is 2.45 bits per heavy atom. The van der Waals surface area contributed by atoms with Crippen LogP contribution in [0, 0.1) is 6.92 Å². The molecule has 0 amide bonds. The van der Waals surface area contributed by atoms with Crippen molar-refractivity contribution < 1.29 is 66.6 Å². The Hall–Kier alpha value is -0.745. The van der Waals surface area contributed by atoms with Crippen molar-refractivity contribution in [2.75, 3.05) is 19.6 Å². The fourth-order valence-corrected chi connectivity index (χ4v) is 5.55. The molecule has 0 saturated carbocycles. The van der Waals surface area contributed by atoms with Crippen LogP contribution in [0.25, 0.3) is 10.9 Å². The van der Waals surface area contributed by atoms with Gasteiger partial charge in [-0.25, -0.2) is 8.42 Å². The van der Waals surface area contributed by atoms with Gasteiger partial charge in [0.2, 0.25) is 10.0 Å². The van der Waals surface area contributed by atoms with Crippen molar-refractivity contribution in [1.82, 2.24) is 19.2 Å². The van der Waals surface area contributed by atoms with Crippen molar-refractivity contribution in [2.45, 2.75) is 37.8 Å². The maximum atomic E-state index is 13.1. The second kappa shape index (κ2) is 10.0. The van der Waals surface area contributed by atoms with Crippen LogP contribution in [0.5, 0.6) is 0 Å². The Balaban J connectivity index is 0.00000272. The van der Waals surface area contributed by atoms with Gasteiger partial charge in [0.05, 0.1) is 4.90 Å². The number of hydrogen-bond donors (Lipinski definition) is 0. The summed E-state index contributed by atoms with van der Waals surface area (Å²) in [6.07, 6.45) is 0. The van der Waals surface area contributed by atoms with Crippen molar-refractivity contribution >= 4 is 20.9 Å². The molecule has 1 aliphatic heterocycles. The topological polar surface area (TPSA) is 84.7 Å². The van der Waals surface area contributed by atoms with Crippen LogP contribution in [0.4, 0.5) is 0 Å². The molecule has 9 heteroatoms.